The smallest absolute Gasteiger partial charge is 0.244 e. The van der Waals surface area contributed by atoms with Gasteiger partial charge in [0.15, 0.2) is 5.82 Å². The molecule has 150 valence electrons. The highest BCUT2D eigenvalue weighted by Gasteiger charge is 2.35. The molecular weight excluding hydrogens is 376 g/mol. The first-order valence-electron chi connectivity index (χ1n) is 9.76. The summed E-state index contributed by atoms with van der Waals surface area (Å²) in [7, 11) is 1.67. The average molecular weight is 398 g/mol. The van der Waals surface area contributed by atoms with Crippen molar-refractivity contribution in [1.82, 2.24) is 31.2 Å². The minimum Gasteiger partial charge on any atom is -0.366 e. The molecule has 0 fully saturated rings. The Morgan fingerprint density at radius 1 is 0.833 bits per heavy atom. The second-order valence-corrected chi connectivity index (χ2v) is 7.01. The Morgan fingerprint density at radius 2 is 1.53 bits per heavy atom. The molecule has 2 aliphatic rings. The van der Waals surface area contributed by atoms with Crippen molar-refractivity contribution in [2.75, 3.05) is 7.11 Å². The zero-order chi connectivity index (χ0) is 20.4. The molecule has 7 heteroatoms. The number of aromatic nitrogens is 2. The molecule has 0 bridgehead atoms. The predicted octanol–water partition coefficient (Wildman–Crippen LogP) is 2.89. The van der Waals surface area contributed by atoms with Crippen molar-refractivity contribution in [2.45, 2.75) is 12.0 Å². The van der Waals surface area contributed by atoms with Crippen molar-refractivity contribution in [1.29, 1.82) is 0 Å². The summed E-state index contributed by atoms with van der Waals surface area (Å²) >= 11 is 0. The van der Waals surface area contributed by atoms with Crippen LogP contribution in [0.1, 0.15) is 17.3 Å². The molecular formula is C23H22N6O. The molecule has 0 atom stereocenters. The fourth-order valence-corrected chi connectivity index (χ4v) is 3.86. The molecule has 0 aliphatic carbocycles. The summed E-state index contributed by atoms with van der Waals surface area (Å²) in [5.41, 5.74) is 4.79. The highest BCUT2D eigenvalue weighted by molar-refractivity contribution is 5.69. The Morgan fingerprint density at radius 3 is 2.30 bits per heavy atom. The number of ether oxygens (including phenoxy) is 1. The molecule has 0 amide bonds. The van der Waals surface area contributed by atoms with E-state index in [1.165, 1.54) is 0 Å². The SMILES string of the molecule is COC1(c2ccccc2-c2ccnc(-c3ccccc3C3NC=CN3)n2)NC=CN1. The molecule has 5 rings (SSSR count). The van der Waals surface area contributed by atoms with E-state index in [9.17, 15) is 0 Å². The average Bonchev–Trinajstić information content (AvgIpc) is 3.52. The summed E-state index contributed by atoms with van der Waals surface area (Å²) in [5, 5.41) is 13.1. The van der Waals surface area contributed by atoms with Crippen LogP contribution >= 0.6 is 0 Å². The van der Waals surface area contributed by atoms with E-state index in [0.29, 0.717) is 5.82 Å². The van der Waals surface area contributed by atoms with Gasteiger partial charge in [-0.05, 0) is 6.07 Å². The third kappa shape index (κ3) is 3.05. The summed E-state index contributed by atoms with van der Waals surface area (Å²) < 4.78 is 5.80. The first kappa shape index (κ1) is 18.2. The highest BCUT2D eigenvalue weighted by atomic mass is 16.5. The van der Waals surface area contributed by atoms with Crippen LogP contribution in [0.15, 0.2) is 85.6 Å². The summed E-state index contributed by atoms with van der Waals surface area (Å²) in [6, 6.07) is 18.1. The van der Waals surface area contributed by atoms with Crippen LogP contribution in [0.4, 0.5) is 0 Å². The number of benzene rings is 2. The maximum Gasteiger partial charge on any atom is 0.244 e. The van der Waals surface area contributed by atoms with Gasteiger partial charge in [0, 0.05) is 60.4 Å². The quantitative estimate of drug-likeness (QED) is 0.526. The van der Waals surface area contributed by atoms with Gasteiger partial charge in [0.05, 0.1) is 5.69 Å². The lowest BCUT2D eigenvalue weighted by atomic mass is 9.99. The first-order valence-corrected chi connectivity index (χ1v) is 9.76. The third-order valence-corrected chi connectivity index (χ3v) is 5.32. The number of hydrogen-bond donors (Lipinski definition) is 4. The van der Waals surface area contributed by atoms with Crippen LogP contribution in [0.25, 0.3) is 22.6 Å². The van der Waals surface area contributed by atoms with Gasteiger partial charge < -0.3 is 26.0 Å². The molecule has 7 nitrogen and oxygen atoms in total. The van der Waals surface area contributed by atoms with E-state index in [2.05, 4.69) is 32.3 Å². The van der Waals surface area contributed by atoms with Crippen LogP contribution in [0.2, 0.25) is 0 Å². The van der Waals surface area contributed by atoms with Crippen molar-refractivity contribution in [3.63, 3.8) is 0 Å². The molecule has 0 saturated carbocycles. The summed E-state index contributed by atoms with van der Waals surface area (Å²) in [4.78, 5) is 9.49. The zero-order valence-electron chi connectivity index (χ0n) is 16.5. The fourth-order valence-electron chi connectivity index (χ4n) is 3.86. The van der Waals surface area contributed by atoms with Gasteiger partial charge in [-0.15, -0.1) is 0 Å². The van der Waals surface area contributed by atoms with Gasteiger partial charge in [-0.1, -0.05) is 48.5 Å². The second-order valence-electron chi connectivity index (χ2n) is 7.01. The van der Waals surface area contributed by atoms with Gasteiger partial charge in [0.25, 0.3) is 0 Å². The monoisotopic (exact) mass is 398 g/mol. The van der Waals surface area contributed by atoms with Gasteiger partial charge in [0.1, 0.15) is 6.17 Å². The van der Waals surface area contributed by atoms with Gasteiger partial charge >= 0.3 is 0 Å². The van der Waals surface area contributed by atoms with Crippen LogP contribution < -0.4 is 21.3 Å². The Bertz CT molecular complexity index is 1110. The normalized spacial score (nSPS) is 16.6. The van der Waals surface area contributed by atoms with Crippen molar-refractivity contribution in [3.8, 4) is 22.6 Å². The molecule has 30 heavy (non-hydrogen) atoms. The molecule has 1 aromatic heterocycles. The Labute approximate surface area is 174 Å². The molecule has 3 heterocycles. The van der Waals surface area contributed by atoms with Gasteiger partial charge in [-0.3, -0.25) is 0 Å². The van der Waals surface area contributed by atoms with Crippen molar-refractivity contribution in [3.05, 3.63) is 96.7 Å². The van der Waals surface area contributed by atoms with Crippen LogP contribution in [0, 0.1) is 0 Å². The molecule has 2 aromatic carbocycles. The largest absolute Gasteiger partial charge is 0.366 e. The standard InChI is InChI=1S/C23H22N6O/c1-30-23(27-14-15-28-23)19-9-5-4-8-18(19)20-10-11-24-22(29-20)17-7-3-2-6-16(17)21-25-12-13-26-21/h2-15,21,25-28H,1H3. The second kappa shape index (κ2) is 7.53. The van der Waals surface area contributed by atoms with Crippen LogP contribution in [-0.2, 0) is 10.6 Å². The highest BCUT2D eigenvalue weighted by Crippen LogP contribution is 2.33. The molecule has 0 unspecified atom stereocenters. The molecule has 0 spiro atoms. The van der Waals surface area contributed by atoms with E-state index in [0.717, 1.165) is 27.9 Å². The van der Waals surface area contributed by atoms with E-state index in [-0.39, 0.29) is 6.17 Å². The Hall–Kier alpha value is -3.84. The topological polar surface area (TPSA) is 83.1 Å². The number of rotatable bonds is 5. The lowest BCUT2D eigenvalue weighted by molar-refractivity contribution is -0.0437. The van der Waals surface area contributed by atoms with Crippen LogP contribution in [0.5, 0.6) is 0 Å². The maximum absolute atomic E-state index is 5.80. The van der Waals surface area contributed by atoms with Crippen molar-refractivity contribution in [2.24, 2.45) is 0 Å². The summed E-state index contributed by atoms with van der Waals surface area (Å²) in [6.07, 6.45) is 9.25. The van der Waals surface area contributed by atoms with Crippen molar-refractivity contribution >= 4 is 0 Å². The summed E-state index contributed by atoms with van der Waals surface area (Å²) in [5.74, 6) is -0.159. The minimum atomic E-state index is -0.830. The van der Waals surface area contributed by atoms with E-state index >= 15 is 0 Å². The minimum absolute atomic E-state index is 0.00420. The predicted molar refractivity (Wildman–Crippen MR) is 115 cm³/mol. The van der Waals surface area contributed by atoms with Gasteiger partial charge in [-0.2, -0.15) is 0 Å². The Balaban J connectivity index is 1.59. The maximum atomic E-state index is 5.80. The van der Waals surface area contributed by atoms with E-state index in [1.54, 1.807) is 13.3 Å². The molecule has 0 saturated heterocycles. The summed E-state index contributed by atoms with van der Waals surface area (Å²) in [6.45, 7) is 0. The van der Waals surface area contributed by atoms with Crippen LogP contribution in [0.3, 0.4) is 0 Å². The fraction of sp³-hybridized carbons (Fsp3) is 0.130. The van der Waals surface area contributed by atoms with E-state index < -0.39 is 5.85 Å². The number of nitrogens with zero attached hydrogens (tertiary/aromatic N) is 2. The zero-order valence-corrected chi connectivity index (χ0v) is 16.5. The van der Waals surface area contributed by atoms with Crippen molar-refractivity contribution < 1.29 is 4.74 Å². The third-order valence-electron chi connectivity index (χ3n) is 5.32. The number of methoxy groups -OCH3 is 1. The van der Waals surface area contributed by atoms with E-state index in [1.807, 2.05) is 73.3 Å². The number of hydrogen-bond acceptors (Lipinski definition) is 7. The van der Waals surface area contributed by atoms with Crippen LogP contribution in [-0.4, -0.2) is 17.1 Å². The lowest BCUT2D eigenvalue weighted by Crippen LogP contribution is -2.47. The molecule has 4 N–H and O–H groups in total. The van der Waals surface area contributed by atoms with E-state index in [4.69, 9.17) is 9.72 Å². The number of nitrogens with one attached hydrogen (secondary N) is 4. The Kier molecular flexibility index (Phi) is 4.57. The lowest BCUT2D eigenvalue weighted by Gasteiger charge is -2.31. The molecule has 3 aromatic rings. The molecule has 2 aliphatic heterocycles. The van der Waals surface area contributed by atoms with Gasteiger partial charge in [-0.25, -0.2) is 9.97 Å². The first-order chi connectivity index (χ1) is 14.8. The van der Waals surface area contributed by atoms with Gasteiger partial charge in [0.2, 0.25) is 5.85 Å². The molecule has 0 radical (unpaired) electrons.